The largest absolute Gasteiger partial charge is 0.370 e. The van der Waals surface area contributed by atoms with Gasteiger partial charge in [0.25, 0.3) is 0 Å². The molecule has 5 heteroatoms. The molecule has 0 saturated carbocycles. The van der Waals surface area contributed by atoms with Gasteiger partial charge in [-0.2, -0.15) is 0 Å². The summed E-state index contributed by atoms with van der Waals surface area (Å²) in [5.74, 6) is 0.489. The highest BCUT2D eigenvalue weighted by Gasteiger charge is 2.09. The van der Waals surface area contributed by atoms with E-state index in [9.17, 15) is 0 Å². The first-order valence-electron chi connectivity index (χ1n) is 5.01. The molecule has 0 saturated heterocycles. The molecule has 1 aromatic heterocycles. The van der Waals surface area contributed by atoms with Crippen LogP contribution in [0.4, 0.5) is 0 Å². The van der Waals surface area contributed by atoms with Crippen molar-refractivity contribution >= 4 is 5.96 Å². The Labute approximate surface area is 90.4 Å². The summed E-state index contributed by atoms with van der Waals surface area (Å²) in [6, 6.07) is 0. The Bertz CT molecular complexity index is 307. The van der Waals surface area contributed by atoms with Gasteiger partial charge in [0, 0.05) is 24.5 Å². The minimum Gasteiger partial charge on any atom is -0.370 e. The summed E-state index contributed by atoms with van der Waals surface area (Å²) < 4.78 is 1.97. The highest BCUT2D eigenvalue weighted by molar-refractivity contribution is 5.78. The van der Waals surface area contributed by atoms with Gasteiger partial charge < -0.3 is 15.6 Å². The third-order valence-corrected chi connectivity index (χ3v) is 1.70. The third kappa shape index (κ3) is 5.05. The number of aromatic nitrogens is 2. The molecule has 0 unspecified atom stereocenters. The summed E-state index contributed by atoms with van der Waals surface area (Å²) in [4.78, 5) is 8.17. The second-order valence-corrected chi connectivity index (χ2v) is 4.44. The lowest BCUT2D eigenvalue weighted by Crippen LogP contribution is -2.45. The van der Waals surface area contributed by atoms with Crippen molar-refractivity contribution in [1.29, 1.82) is 0 Å². The van der Waals surface area contributed by atoms with Crippen LogP contribution in [0.2, 0.25) is 0 Å². The maximum absolute atomic E-state index is 5.71. The molecular formula is C10H19N5. The molecule has 1 heterocycles. The molecule has 1 rings (SSSR count). The van der Waals surface area contributed by atoms with Gasteiger partial charge in [-0.3, -0.25) is 4.99 Å². The van der Waals surface area contributed by atoms with Crippen LogP contribution in [-0.2, 0) is 6.54 Å². The van der Waals surface area contributed by atoms with Crippen molar-refractivity contribution in [3.05, 3.63) is 18.7 Å². The molecule has 0 spiro atoms. The Balaban J connectivity index is 2.32. The number of aliphatic imine (C=N–C) groups is 1. The summed E-state index contributed by atoms with van der Waals surface area (Å²) in [5.41, 5.74) is 5.67. The topological polar surface area (TPSA) is 68.2 Å². The van der Waals surface area contributed by atoms with E-state index in [0.29, 0.717) is 12.5 Å². The molecule has 0 aromatic carbocycles. The predicted octanol–water partition coefficient (Wildman–Crippen LogP) is 0.586. The van der Waals surface area contributed by atoms with Crippen LogP contribution in [0.5, 0.6) is 0 Å². The summed E-state index contributed by atoms with van der Waals surface area (Å²) >= 11 is 0. The minimum atomic E-state index is -0.0391. The van der Waals surface area contributed by atoms with Crippen molar-refractivity contribution < 1.29 is 0 Å². The fraction of sp³-hybridized carbons (Fsp3) is 0.600. The Morgan fingerprint density at radius 1 is 1.53 bits per heavy atom. The van der Waals surface area contributed by atoms with Gasteiger partial charge in [-0.25, -0.2) is 4.98 Å². The van der Waals surface area contributed by atoms with E-state index >= 15 is 0 Å². The minimum absolute atomic E-state index is 0.0391. The van der Waals surface area contributed by atoms with Crippen molar-refractivity contribution in [2.75, 3.05) is 6.54 Å². The smallest absolute Gasteiger partial charge is 0.189 e. The number of nitrogens with zero attached hydrogens (tertiary/aromatic N) is 3. The van der Waals surface area contributed by atoms with Crippen molar-refractivity contribution in [1.82, 2.24) is 14.9 Å². The molecule has 0 radical (unpaired) electrons. The van der Waals surface area contributed by atoms with E-state index < -0.39 is 0 Å². The Hall–Kier alpha value is -1.52. The zero-order valence-corrected chi connectivity index (χ0v) is 9.57. The molecule has 0 amide bonds. The van der Waals surface area contributed by atoms with E-state index in [2.05, 4.69) is 15.3 Å². The fourth-order valence-corrected chi connectivity index (χ4v) is 1.13. The standard InChI is InChI=1S/C10H19N5/c1-10(2,3)14-9(11)13-5-7-15-6-4-12-8-15/h4,6,8H,5,7H2,1-3H3,(H3,11,13,14). The van der Waals surface area contributed by atoms with E-state index in [4.69, 9.17) is 5.73 Å². The van der Waals surface area contributed by atoms with Crippen molar-refractivity contribution in [2.45, 2.75) is 32.9 Å². The maximum Gasteiger partial charge on any atom is 0.189 e. The van der Waals surface area contributed by atoms with Gasteiger partial charge in [-0.1, -0.05) is 0 Å². The van der Waals surface area contributed by atoms with Crippen molar-refractivity contribution in [2.24, 2.45) is 10.7 Å². The molecule has 0 aliphatic carbocycles. The molecule has 0 aliphatic rings. The van der Waals surface area contributed by atoms with Gasteiger partial charge in [0.05, 0.1) is 12.9 Å². The molecule has 0 bridgehead atoms. The molecule has 3 N–H and O–H groups in total. The van der Waals surface area contributed by atoms with Crippen molar-refractivity contribution in [3.8, 4) is 0 Å². The summed E-state index contributed by atoms with van der Waals surface area (Å²) in [6.07, 6.45) is 5.42. The number of hydrogen-bond donors (Lipinski definition) is 2. The molecule has 84 valence electrons. The Kier molecular flexibility index (Phi) is 3.71. The lowest BCUT2D eigenvalue weighted by atomic mass is 10.1. The van der Waals surface area contributed by atoms with Crippen LogP contribution in [0.25, 0.3) is 0 Å². The van der Waals surface area contributed by atoms with E-state index in [0.717, 1.165) is 6.54 Å². The van der Waals surface area contributed by atoms with E-state index in [-0.39, 0.29) is 5.54 Å². The zero-order valence-electron chi connectivity index (χ0n) is 9.57. The number of imidazole rings is 1. The van der Waals surface area contributed by atoms with Crippen LogP contribution in [0.3, 0.4) is 0 Å². The number of hydrogen-bond acceptors (Lipinski definition) is 2. The fourth-order valence-electron chi connectivity index (χ4n) is 1.13. The summed E-state index contributed by atoms with van der Waals surface area (Å²) in [5, 5.41) is 3.10. The molecule has 0 fully saturated rings. The van der Waals surface area contributed by atoms with Gasteiger partial charge >= 0.3 is 0 Å². The first kappa shape index (κ1) is 11.6. The first-order chi connectivity index (χ1) is 6.97. The van der Waals surface area contributed by atoms with Gasteiger partial charge in [0.2, 0.25) is 0 Å². The second kappa shape index (κ2) is 4.82. The molecule has 5 nitrogen and oxygen atoms in total. The second-order valence-electron chi connectivity index (χ2n) is 4.44. The molecular weight excluding hydrogens is 190 g/mol. The molecule has 0 aliphatic heterocycles. The van der Waals surface area contributed by atoms with Crippen LogP contribution < -0.4 is 11.1 Å². The van der Waals surface area contributed by atoms with Gasteiger partial charge in [-0.15, -0.1) is 0 Å². The average Bonchev–Trinajstić information content (AvgIpc) is 2.53. The highest BCUT2D eigenvalue weighted by atomic mass is 15.1. The molecule has 15 heavy (non-hydrogen) atoms. The van der Waals surface area contributed by atoms with Crippen LogP contribution >= 0.6 is 0 Å². The van der Waals surface area contributed by atoms with Crippen LogP contribution in [0.15, 0.2) is 23.7 Å². The van der Waals surface area contributed by atoms with Crippen LogP contribution in [0.1, 0.15) is 20.8 Å². The van der Waals surface area contributed by atoms with Crippen LogP contribution in [-0.4, -0.2) is 27.6 Å². The van der Waals surface area contributed by atoms with Gasteiger partial charge in [0.1, 0.15) is 0 Å². The Morgan fingerprint density at radius 3 is 2.80 bits per heavy atom. The number of guanidine groups is 1. The van der Waals surface area contributed by atoms with E-state index in [1.165, 1.54) is 0 Å². The first-order valence-corrected chi connectivity index (χ1v) is 5.01. The van der Waals surface area contributed by atoms with Crippen LogP contribution in [0, 0.1) is 0 Å². The maximum atomic E-state index is 5.71. The Morgan fingerprint density at radius 2 is 2.27 bits per heavy atom. The highest BCUT2D eigenvalue weighted by Crippen LogP contribution is 1.96. The third-order valence-electron chi connectivity index (χ3n) is 1.70. The van der Waals surface area contributed by atoms with E-state index in [1.807, 2.05) is 31.5 Å². The quantitative estimate of drug-likeness (QED) is 0.565. The lowest BCUT2D eigenvalue weighted by Gasteiger charge is -2.20. The number of nitrogens with one attached hydrogen (secondary N) is 1. The molecule has 0 atom stereocenters. The van der Waals surface area contributed by atoms with Crippen molar-refractivity contribution in [3.63, 3.8) is 0 Å². The van der Waals surface area contributed by atoms with E-state index in [1.54, 1.807) is 12.5 Å². The number of nitrogens with two attached hydrogens (primary N) is 1. The summed E-state index contributed by atoms with van der Waals surface area (Å²) in [6.45, 7) is 7.60. The predicted molar refractivity (Wildman–Crippen MR) is 61.6 cm³/mol. The lowest BCUT2D eigenvalue weighted by molar-refractivity contribution is 0.507. The monoisotopic (exact) mass is 209 g/mol. The normalized spacial score (nSPS) is 12.9. The average molecular weight is 209 g/mol. The molecule has 1 aromatic rings. The summed E-state index contributed by atoms with van der Waals surface area (Å²) in [7, 11) is 0. The van der Waals surface area contributed by atoms with Gasteiger partial charge in [0.15, 0.2) is 5.96 Å². The zero-order chi connectivity index (χ0) is 11.3. The SMILES string of the molecule is CC(C)(C)NC(N)=NCCn1ccnc1. The number of rotatable bonds is 3. The van der Waals surface area contributed by atoms with Gasteiger partial charge in [-0.05, 0) is 20.8 Å².